The van der Waals surface area contributed by atoms with Crippen LogP contribution < -0.4 is 10.6 Å². The molecule has 2 aliphatic carbocycles. The predicted molar refractivity (Wildman–Crippen MR) is 227 cm³/mol. The molecule has 2 fully saturated rings. The number of rotatable bonds is 22. The summed E-state index contributed by atoms with van der Waals surface area (Å²) in [5.41, 5.74) is 1.56. The minimum Gasteiger partial charge on any atom is -0.427 e. The highest BCUT2D eigenvalue weighted by atomic mass is 19.4. The summed E-state index contributed by atoms with van der Waals surface area (Å²) in [7, 11) is 0. The number of ether oxygens (including phenoxy) is 1. The Morgan fingerprint density at radius 1 is 0.806 bits per heavy atom. The normalized spacial score (nSPS) is 17.7. The molecule has 1 unspecified atom stereocenters. The summed E-state index contributed by atoms with van der Waals surface area (Å²) >= 11 is 0. The van der Waals surface area contributed by atoms with E-state index in [1.807, 2.05) is 24.3 Å². The van der Waals surface area contributed by atoms with Crippen molar-refractivity contribution < 1.29 is 46.3 Å². The fourth-order valence-corrected chi connectivity index (χ4v) is 8.56. The zero-order chi connectivity index (χ0) is 44.3. The average molecular weight is 863 g/mol. The minimum absolute atomic E-state index is 0.00686. The molecule has 0 radical (unpaired) electrons. The second-order valence-electron chi connectivity index (χ2n) is 17.1. The van der Waals surface area contributed by atoms with E-state index in [9.17, 15) is 41.5 Å². The van der Waals surface area contributed by atoms with E-state index in [-0.39, 0.29) is 30.2 Å². The largest absolute Gasteiger partial charge is 0.427 e. The van der Waals surface area contributed by atoms with Crippen molar-refractivity contribution in [2.75, 3.05) is 17.2 Å². The third kappa shape index (κ3) is 12.2. The second kappa shape index (κ2) is 21.2. The van der Waals surface area contributed by atoms with E-state index in [1.54, 1.807) is 18.2 Å². The average Bonchev–Trinajstić information content (AvgIpc) is 3.70. The number of halogens is 4. The molecular formula is C48H58F4N4O6. The van der Waals surface area contributed by atoms with Gasteiger partial charge in [0, 0.05) is 42.7 Å². The van der Waals surface area contributed by atoms with Crippen molar-refractivity contribution >= 4 is 41.1 Å². The zero-order valence-electron chi connectivity index (χ0n) is 35.5. The Morgan fingerprint density at radius 2 is 1.40 bits per heavy atom. The highest BCUT2D eigenvalue weighted by Gasteiger charge is 2.58. The molecule has 2 N–H and O–H groups in total. The van der Waals surface area contributed by atoms with Gasteiger partial charge >= 0.3 is 12.3 Å². The standard InChI is InChI=1S/C48H58F4N4O6/c1-33(48(50,51)52)55(31-36-16-21-38(49)22-17-36)44(59)32-56-45(60)47(62-46(56)61)29-28-37-30-40(25-26-41(37)47)54-43(58)27-20-35-18-23-39(24-19-35)53-42(57)15-10-8-6-4-2-3-5-7-9-12-34-13-11-14-34/h16-19,21-26,30,33-34H,2-15,20,27-29,31-32H2,1H3,(H,53,57)(H,54,58)/t33-,47?/m0/s1. The molecule has 0 aromatic heterocycles. The van der Waals surface area contributed by atoms with Crippen LogP contribution >= 0.6 is 0 Å². The monoisotopic (exact) mass is 862 g/mol. The molecule has 1 spiro atoms. The number of nitrogens with one attached hydrogen (secondary N) is 2. The Hall–Kier alpha value is -5.27. The number of anilines is 2. The Morgan fingerprint density at radius 3 is 2.05 bits per heavy atom. The highest BCUT2D eigenvalue weighted by molar-refractivity contribution is 6.06. The van der Waals surface area contributed by atoms with Crippen molar-refractivity contribution in [3.63, 3.8) is 0 Å². The number of carbonyl (C=O) groups is 5. The zero-order valence-corrected chi connectivity index (χ0v) is 35.5. The number of amides is 5. The van der Waals surface area contributed by atoms with Crippen molar-refractivity contribution in [1.29, 1.82) is 0 Å². The molecule has 5 amide bonds. The lowest BCUT2D eigenvalue weighted by Gasteiger charge is -2.31. The third-order valence-corrected chi connectivity index (χ3v) is 12.6. The van der Waals surface area contributed by atoms with Crippen LogP contribution in [0.5, 0.6) is 0 Å². The molecule has 2 atom stereocenters. The number of carbonyl (C=O) groups excluding carboxylic acids is 5. The third-order valence-electron chi connectivity index (χ3n) is 12.6. The number of benzene rings is 3. The molecule has 62 heavy (non-hydrogen) atoms. The number of hydrogen-bond acceptors (Lipinski definition) is 6. The lowest BCUT2D eigenvalue weighted by molar-refractivity contribution is -0.187. The second-order valence-corrected chi connectivity index (χ2v) is 17.1. The Kier molecular flexibility index (Phi) is 15.8. The number of hydrogen-bond donors (Lipinski definition) is 2. The first-order chi connectivity index (χ1) is 29.7. The van der Waals surface area contributed by atoms with Gasteiger partial charge in [0.15, 0.2) is 0 Å². The lowest BCUT2D eigenvalue weighted by Crippen LogP contribution is -2.51. The molecule has 1 heterocycles. The molecule has 0 bridgehead atoms. The summed E-state index contributed by atoms with van der Waals surface area (Å²) in [6, 6.07) is 14.6. The maximum absolute atomic E-state index is 13.8. The lowest BCUT2D eigenvalue weighted by atomic mass is 9.81. The van der Waals surface area contributed by atoms with Gasteiger partial charge in [0.05, 0.1) is 0 Å². The molecule has 14 heteroatoms. The molecule has 3 aliphatic rings. The van der Waals surface area contributed by atoms with E-state index < -0.39 is 54.6 Å². The number of aryl methyl sites for hydroxylation is 2. The SMILES string of the molecule is C[C@H](N(Cc1ccc(F)cc1)C(=O)CN1C(=O)OC2(CCc3cc(NC(=O)CCc4ccc(NC(=O)CCCCCCCCCCCC5CCC5)cc4)ccc32)C1=O)C(F)(F)F. The molecule has 1 saturated heterocycles. The van der Waals surface area contributed by atoms with Crippen LogP contribution in [-0.4, -0.2) is 58.3 Å². The minimum atomic E-state index is -4.82. The highest BCUT2D eigenvalue weighted by Crippen LogP contribution is 2.46. The first-order valence-corrected chi connectivity index (χ1v) is 22.2. The van der Waals surface area contributed by atoms with Crippen LogP contribution in [0.2, 0.25) is 0 Å². The van der Waals surface area contributed by atoms with E-state index in [0.717, 1.165) is 49.8 Å². The van der Waals surface area contributed by atoms with Crippen molar-refractivity contribution in [3.05, 3.63) is 94.8 Å². The van der Waals surface area contributed by atoms with Crippen molar-refractivity contribution in [1.82, 2.24) is 9.80 Å². The first kappa shape index (κ1) is 46.2. The van der Waals surface area contributed by atoms with E-state index in [2.05, 4.69) is 10.6 Å². The quantitative estimate of drug-likeness (QED) is 0.0766. The van der Waals surface area contributed by atoms with Crippen LogP contribution in [0.3, 0.4) is 0 Å². The van der Waals surface area contributed by atoms with Crippen molar-refractivity contribution in [3.8, 4) is 0 Å². The van der Waals surface area contributed by atoms with E-state index >= 15 is 0 Å². The summed E-state index contributed by atoms with van der Waals surface area (Å²) in [5, 5.41) is 5.82. The summed E-state index contributed by atoms with van der Waals surface area (Å²) in [5.74, 6) is -1.85. The number of unbranched alkanes of at least 4 members (excludes halogenated alkanes) is 8. The smallest absolute Gasteiger partial charge is 0.418 e. The first-order valence-electron chi connectivity index (χ1n) is 22.2. The Balaban J connectivity index is 0.915. The van der Waals surface area contributed by atoms with Crippen LogP contribution in [0.1, 0.15) is 132 Å². The van der Waals surface area contributed by atoms with Gasteiger partial charge in [-0.25, -0.2) is 14.1 Å². The summed E-state index contributed by atoms with van der Waals surface area (Å²) < 4.78 is 60.5. The maximum Gasteiger partial charge on any atom is 0.418 e. The fraction of sp³-hybridized carbons (Fsp3) is 0.521. The number of fused-ring (bicyclic) bond motifs is 2. The van der Waals surface area contributed by atoms with E-state index in [1.165, 1.54) is 76.3 Å². The Bertz CT molecular complexity index is 2040. The molecule has 10 nitrogen and oxygen atoms in total. The molecular weight excluding hydrogens is 805 g/mol. The molecule has 3 aromatic carbocycles. The molecule has 1 aliphatic heterocycles. The van der Waals surface area contributed by atoms with Gasteiger partial charge in [-0.3, -0.25) is 19.2 Å². The van der Waals surface area contributed by atoms with Gasteiger partial charge in [0.2, 0.25) is 23.3 Å². The maximum atomic E-state index is 13.8. The number of imide groups is 1. The number of alkyl halides is 3. The summed E-state index contributed by atoms with van der Waals surface area (Å²) in [6.07, 6.45) is 12.2. The molecule has 1 saturated carbocycles. The van der Waals surface area contributed by atoms with Crippen molar-refractivity contribution in [2.24, 2.45) is 5.92 Å². The van der Waals surface area contributed by atoms with Crippen LogP contribution in [0.25, 0.3) is 0 Å². The molecule has 6 rings (SSSR count). The fourth-order valence-electron chi connectivity index (χ4n) is 8.56. The van der Waals surface area contributed by atoms with Crippen molar-refractivity contribution in [2.45, 2.75) is 147 Å². The number of nitrogens with zero attached hydrogens (tertiary/aromatic N) is 2. The van der Waals surface area contributed by atoms with Gasteiger partial charge in [-0.1, -0.05) is 107 Å². The van der Waals surface area contributed by atoms with Crippen LogP contribution in [0.4, 0.5) is 33.7 Å². The molecule has 334 valence electrons. The van der Waals surface area contributed by atoms with Gasteiger partial charge in [0.25, 0.3) is 5.91 Å². The van der Waals surface area contributed by atoms with Gasteiger partial charge in [-0.15, -0.1) is 0 Å². The van der Waals surface area contributed by atoms with Crippen LogP contribution in [-0.2, 0) is 48.9 Å². The van der Waals surface area contributed by atoms with Gasteiger partial charge < -0.3 is 20.3 Å². The predicted octanol–water partition coefficient (Wildman–Crippen LogP) is 10.5. The molecule has 3 aromatic rings. The topological polar surface area (TPSA) is 125 Å². The Labute approximate surface area is 361 Å². The summed E-state index contributed by atoms with van der Waals surface area (Å²) in [6.45, 7) is -0.730. The van der Waals surface area contributed by atoms with Crippen LogP contribution in [0, 0.1) is 11.7 Å². The van der Waals surface area contributed by atoms with Crippen LogP contribution in [0.15, 0.2) is 66.7 Å². The van der Waals surface area contributed by atoms with Gasteiger partial charge in [0.1, 0.15) is 18.4 Å². The van der Waals surface area contributed by atoms with E-state index in [4.69, 9.17) is 4.74 Å². The van der Waals surface area contributed by atoms with Gasteiger partial charge in [-0.05, 0) is 85.2 Å². The van der Waals surface area contributed by atoms with E-state index in [0.29, 0.717) is 51.6 Å². The summed E-state index contributed by atoms with van der Waals surface area (Å²) in [4.78, 5) is 66.6. The van der Waals surface area contributed by atoms with Gasteiger partial charge in [-0.2, -0.15) is 13.2 Å².